The van der Waals surface area contributed by atoms with E-state index in [0.717, 1.165) is 17.7 Å². The van der Waals surface area contributed by atoms with E-state index in [1.807, 2.05) is 25.1 Å². The van der Waals surface area contributed by atoms with Crippen LogP contribution < -0.4 is 9.80 Å². The van der Waals surface area contributed by atoms with E-state index in [2.05, 4.69) is 20.9 Å². The van der Waals surface area contributed by atoms with Crippen LogP contribution in [0, 0.1) is 5.41 Å². The fourth-order valence-electron chi connectivity index (χ4n) is 4.23. The van der Waals surface area contributed by atoms with E-state index in [4.69, 9.17) is 0 Å². The normalized spacial score (nSPS) is 19.3. The molecular weight excluding hydrogens is 366 g/mol. The lowest BCUT2D eigenvalue weighted by Crippen LogP contribution is -2.57. The van der Waals surface area contributed by atoms with Crippen molar-refractivity contribution in [2.24, 2.45) is 5.41 Å². The maximum absolute atomic E-state index is 13.5. The van der Waals surface area contributed by atoms with Crippen LogP contribution in [-0.4, -0.2) is 58.9 Å². The molecule has 2 aliphatic heterocycles. The average molecular weight is 393 g/mol. The van der Waals surface area contributed by atoms with E-state index < -0.39 is 5.41 Å². The first-order valence-corrected chi connectivity index (χ1v) is 10.1. The van der Waals surface area contributed by atoms with Crippen molar-refractivity contribution in [3.8, 4) is 0 Å². The third-order valence-electron chi connectivity index (χ3n) is 5.90. The minimum Gasteiger partial charge on any atom is -0.338 e. The molecule has 1 unspecified atom stereocenters. The molecule has 152 valence electrons. The van der Waals surface area contributed by atoms with Crippen LogP contribution in [0.15, 0.2) is 42.7 Å². The smallest absolute Gasteiger partial charge is 0.242 e. The molecule has 7 nitrogen and oxygen atoms in total. The van der Waals surface area contributed by atoms with Crippen LogP contribution >= 0.6 is 0 Å². The number of para-hydroxylation sites is 1. The molecular formula is C22H27N5O2. The second-order valence-corrected chi connectivity index (χ2v) is 8.31. The summed E-state index contributed by atoms with van der Waals surface area (Å²) in [5.74, 6) is 0.430. The Hall–Kier alpha value is -2.96. The summed E-state index contributed by atoms with van der Waals surface area (Å²) in [6.07, 6.45) is 4.26. The van der Waals surface area contributed by atoms with E-state index in [1.54, 1.807) is 42.1 Å². The van der Waals surface area contributed by atoms with E-state index in [-0.39, 0.29) is 17.9 Å². The van der Waals surface area contributed by atoms with Crippen molar-refractivity contribution >= 4 is 23.5 Å². The van der Waals surface area contributed by atoms with Gasteiger partial charge in [-0.15, -0.1) is 0 Å². The van der Waals surface area contributed by atoms with Crippen molar-refractivity contribution < 1.29 is 9.59 Å². The van der Waals surface area contributed by atoms with Crippen molar-refractivity contribution in [2.45, 2.75) is 33.2 Å². The summed E-state index contributed by atoms with van der Waals surface area (Å²) in [6, 6.07) is 9.80. The molecule has 0 bridgehead atoms. The first-order chi connectivity index (χ1) is 13.9. The summed E-state index contributed by atoms with van der Waals surface area (Å²) in [6.45, 7) is 7.96. The number of piperazine rings is 1. The Morgan fingerprint density at radius 3 is 2.31 bits per heavy atom. The quantitative estimate of drug-likeness (QED) is 0.747. The first kappa shape index (κ1) is 19.4. The fraction of sp³-hybridized carbons (Fsp3) is 0.455. The Morgan fingerprint density at radius 1 is 0.966 bits per heavy atom. The van der Waals surface area contributed by atoms with Gasteiger partial charge in [0.25, 0.3) is 0 Å². The number of rotatable bonds is 3. The van der Waals surface area contributed by atoms with E-state index in [1.165, 1.54) is 0 Å². The SMILES string of the molecule is CC1Cc2ccccc2N1C(=O)C(C)(C)C(=O)N1CCN(c2ncccn2)CC1. The van der Waals surface area contributed by atoms with Crippen molar-refractivity contribution in [3.63, 3.8) is 0 Å². The van der Waals surface area contributed by atoms with Gasteiger partial charge in [0, 0.05) is 50.3 Å². The highest BCUT2D eigenvalue weighted by molar-refractivity contribution is 6.12. The number of aromatic nitrogens is 2. The standard InChI is InChI=1S/C22H27N5O2/c1-16-15-17-7-4-5-8-18(17)27(16)20(29)22(2,3)19(28)25-11-13-26(14-12-25)21-23-9-6-10-24-21/h4-10,16H,11-15H2,1-3H3. The molecule has 0 aliphatic carbocycles. The Morgan fingerprint density at radius 2 is 1.62 bits per heavy atom. The third-order valence-corrected chi connectivity index (χ3v) is 5.90. The summed E-state index contributed by atoms with van der Waals surface area (Å²) in [7, 11) is 0. The summed E-state index contributed by atoms with van der Waals surface area (Å²) in [4.78, 5) is 41.0. The fourth-order valence-corrected chi connectivity index (χ4v) is 4.23. The maximum atomic E-state index is 13.5. The second kappa shape index (κ2) is 7.46. The Labute approximate surface area is 171 Å². The first-order valence-electron chi connectivity index (χ1n) is 10.1. The Kier molecular flexibility index (Phi) is 4.98. The summed E-state index contributed by atoms with van der Waals surface area (Å²) < 4.78 is 0. The maximum Gasteiger partial charge on any atom is 0.242 e. The molecule has 7 heteroatoms. The number of carbonyl (C=O) groups is 2. The van der Waals surface area contributed by atoms with E-state index in [9.17, 15) is 9.59 Å². The van der Waals surface area contributed by atoms with Gasteiger partial charge < -0.3 is 14.7 Å². The lowest BCUT2D eigenvalue weighted by atomic mass is 9.88. The molecule has 2 amide bonds. The average Bonchev–Trinajstić information content (AvgIpc) is 3.09. The summed E-state index contributed by atoms with van der Waals surface area (Å²) in [5.41, 5.74) is 0.974. The molecule has 1 atom stereocenters. The summed E-state index contributed by atoms with van der Waals surface area (Å²) >= 11 is 0. The monoisotopic (exact) mass is 393 g/mol. The zero-order valence-electron chi connectivity index (χ0n) is 17.2. The van der Waals surface area contributed by atoms with E-state index >= 15 is 0 Å². The topological polar surface area (TPSA) is 69.6 Å². The Bertz CT molecular complexity index is 906. The van der Waals surface area contributed by atoms with Crippen LogP contribution in [0.1, 0.15) is 26.3 Å². The molecule has 1 aromatic carbocycles. The molecule has 1 saturated heterocycles. The van der Waals surface area contributed by atoms with Crippen molar-refractivity contribution in [1.29, 1.82) is 0 Å². The molecule has 3 heterocycles. The van der Waals surface area contributed by atoms with Gasteiger partial charge in [-0.2, -0.15) is 0 Å². The lowest BCUT2D eigenvalue weighted by molar-refractivity contribution is -0.147. The molecule has 0 radical (unpaired) electrons. The number of fused-ring (bicyclic) bond motifs is 1. The molecule has 0 saturated carbocycles. The minimum absolute atomic E-state index is 0.0547. The molecule has 4 rings (SSSR count). The van der Waals surface area contributed by atoms with Crippen molar-refractivity contribution in [3.05, 3.63) is 48.3 Å². The molecule has 1 aromatic heterocycles. The second-order valence-electron chi connectivity index (χ2n) is 8.31. The van der Waals surface area contributed by atoms with Crippen LogP contribution in [0.5, 0.6) is 0 Å². The van der Waals surface area contributed by atoms with Gasteiger partial charge in [0.05, 0.1) is 0 Å². The number of hydrogen-bond donors (Lipinski definition) is 0. The predicted molar refractivity (Wildman–Crippen MR) is 112 cm³/mol. The molecule has 1 fully saturated rings. The van der Waals surface area contributed by atoms with Gasteiger partial charge in [0.1, 0.15) is 5.41 Å². The highest BCUT2D eigenvalue weighted by Gasteiger charge is 2.45. The highest BCUT2D eigenvalue weighted by Crippen LogP contribution is 2.36. The molecule has 2 aliphatic rings. The third kappa shape index (κ3) is 3.45. The summed E-state index contributed by atoms with van der Waals surface area (Å²) in [5, 5.41) is 0. The number of benzene rings is 1. The van der Waals surface area contributed by atoms with Crippen molar-refractivity contribution in [1.82, 2.24) is 14.9 Å². The molecule has 29 heavy (non-hydrogen) atoms. The predicted octanol–water partition coefficient (Wildman–Crippen LogP) is 2.13. The van der Waals surface area contributed by atoms with E-state index in [0.29, 0.717) is 32.1 Å². The van der Waals surface area contributed by atoms with Gasteiger partial charge in [-0.3, -0.25) is 9.59 Å². The minimum atomic E-state index is -1.11. The van der Waals surface area contributed by atoms with Gasteiger partial charge in [-0.1, -0.05) is 18.2 Å². The number of nitrogens with zero attached hydrogens (tertiary/aromatic N) is 5. The van der Waals surface area contributed by atoms with Gasteiger partial charge in [0.15, 0.2) is 0 Å². The van der Waals surface area contributed by atoms with Gasteiger partial charge in [0.2, 0.25) is 17.8 Å². The van der Waals surface area contributed by atoms with Crippen LogP contribution in [0.2, 0.25) is 0 Å². The van der Waals surface area contributed by atoms with Crippen LogP contribution in [-0.2, 0) is 16.0 Å². The Balaban J connectivity index is 1.46. The number of anilines is 2. The lowest BCUT2D eigenvalue weighted by Gasteiger charge is -2.39. The van der Waals surface area contributed by atoms with Crippen molar-refractivity contribution in [2.75, 3.05) is 36.0 Å². The largest absolute Gasteiger partial charge is 0.338 e. The zero-order chi connectivity index (χ0) is 20.6. The highest BCUT2D eigenvalue weighted by atomic mass is 16.2. The zero-order valence-corrected chi connectivity index (χ0v) is 17.2. The molecule has 0 N–H and O–H groups in total. The van der Waals surface area contributed by atoms with Gasteiger partial charge in [-0.25, -0.2) is 9.97 Å². The van der Waals surface area contributed by atoms with Gasteiger partial charge >= 0.3 is 0 Å². The van der Waals surface area contributed by atoms with Crippen LogP contribution in [0.25, 0.3) is 0 Å². The number of carbonyl (C=O) groups excluding carboxylic acids is 2. The van der Waals surface area contributed by atoms with Gasteiger partial charge in [-0.05, 0) is 44.9 Å². The molecule has 0 spiro atoms. The molecule has 2 aromatic rings. The number of hydrogen-bond acceptors (Lipinski definition) is 5. The number of amides is 2. The van der Waals surface area contributed by atoms with Crippen LogP contribution in [0.4, 0.5) is 11.6 Å². The van der Waals surface area contributed by atoms with Crippen LogP contribution in [0.3, 0.4) is 0 Å².